The average Bonchev–Trinajstić information content (AvgIpc) is 2.97. The number of rotatable bonds is 9. The van der Waals surface area contributed by atoms with Gasteiger partial charge < -0.3 is 5.32 Å². The van der Waals surface area contributed by atoms with E-state index in [0.717, 1.165) is 24.3 Å². The first kappa shape index (κ1) is 20.8. The molecule has 142 valence electrons. The molecule has 0 atom stereocenters. The number of carbonyl (C=O) groups is 1. The zero-order chi connectivity index (χ0) is 19.2. The molecule has 1 aromatic carbocycles. The van der Waals surface area contributed by atoms with Crippen LogP contribution >= 0.6 is 22.9 Å². The number of thiazole rings is 1. The number of nitrogens with zero attached hydrogens (tertiary/aromatic N) is 1. The van der Waals surface area contributed by atoms with Crippen molar-refractivity contribution >= 4 is 38.9 Å². The van der Waals surface area contributed by atoms with Crippen molar-refractivity contribution in [2.75, 3.05) is 13.1 Å². The highest BCUT2D eigenvalue weighted by atomic mass is 35.5. The summed E-state index contributed by atoms with van der Waals surface area (Å²) in [5.41, 5.74) is 0.707. The van der Waals surface area contributed by atoms with Gasteiger partial charge in [-0.1, -0.05) is 31.0 Å². The fraction of sp³-hybridized carbons (Fsp3) is 0.412. The molecule has 2 rings (SSSR count). The van der Waals surface area contributed by atoms with Crippen molar-refractivity contribution in [3.63, 3.8) is 0 Å². The third-order valence-corrected chi connectivity index (χ3v) is 6.51. The Bertz CT molecular complexity index is 866. The largest absolute Gasteiger partial charge is 0.350 e. The van der Waals surface area contributed by atoms with Crippen LogP contribution in [0.2, 0.25) is 5.02 Å². The number of hydrogen-bond donors (Lipinski definition) is 2. The number of unbranched alkanes of at least 4 members (excludes halogenated alkanes) is 1. The molecule has 26 heavy (non-hydrogen) atoms. The third kappa shape index (κ3) is 5.77. The first-order valence-corrected chi connectivity index (χ1v) is 11.0. The molecule has 9 heteroatoms. The molecule has 0 radical (unpaired) electrons. The highest BCUT2D eigenvalue weighted by Gasteiger charge is 2.16. The number of aromatic nitrogens is 1. The molecular formula is C17H22ClN3O3S2. The SMILES string of the molecule is CCCCc1nc(C)c(C(=O)NCCNS(=O)(=O)c2cccc(Cl)c2)s1. The molecular weight excluding hydrogens is 394 g/mol. The van der Waals surface area contributed by atoms with E-state index in [0.29, 0.717) is 15.6 Å². The van der Waals surface area contributed by atoms with Gasteiger partial charge in [0.05, 0.1) is 15.6 Å². The summed E-state index contributed by atoms with van der Waals surface area (Å²) in [6.07, 6.45) is 2.99. The van der Waals surface area contributed by atoms with Crippen LogP contribution in [0.1, 0.15) is 40.1 Å². The Kier molecular flexibility index (Phi) is 7.57. The summed E-state index contributed by atoms with van der Waals surface area (Å²) in [6.45, 7) is 4.18. The second-order valence-corrected chi connectivity index (χ2v) is 9.02. The van der Waals surface area contributed by atoms with Crippen molar-refractivity contribution in [2.45, 2.75) is 38.0 Å². The van der Waals surface area contributed by atoms with Gasteiger partial charge in [0.25, 0.3) is 5.91 Å². The van der Waals surface area contributed by atoms with E-state index >= 15 is 0 Å². The lowest BCUT2D eigenvalue weighted by molar-refractivity contribution is 0.0957. The number of carbonyl (C=O) groups excluding carboxylic acids is 1. The molecule has 0 bridgehead atoms. The Morgan fingerprint density at radius 1 is 1.31 bits per heavy atom. The van der Waals surface area contributed by atoms with Crippen molar-refractivity contribution < 1.29 is 13.2 Å². The molecule has 0 saturated heterocycles. The number of hydrogen-bond acceptors (Lipinski definition) is 5. The minimum Gasteiger partial charge on any atom is -0.350 e. The number of nitrogens with one attached hydrogen (secondary N) is 2. The van der Waals surface area contributed by atoms with Gasteiger partial charge in [-0.05, 0) is 38.0 Å². The van der Waals surface area contributed by atoms with Crippen molar-refractivity contribution in [1.82, 2.24) is 15.0 Å². The lowest BCUT2D eigenvalue weighted by atomic mass is 10.3. The fourth-order valence-electron chi connectivity index (χ4n) is 2.26. The zero-order valence-corrected chi connectivity index (χ0v) is 17.1. The van der Waals surface area contributed by atoms with Gasteiger partial charge in [-0.25, -0.2) is 18.1 Å². The molecule has 0 unspecified atom stereocenters. The summed E-state index contributed by atoms with van der Waals surface area (Å²) >= 11 is 7.21. The van der Waals surface area contributed by atoms with Gasteiger partial charge in [-0.15, -0.1) is 11.3 Å². The molecule has 6 nitrogen and oxygen atoms in total. The predicted molar refractivity (Wildman–Crippen MR) is 104 cm³/mol. The monoisotopic (exact) mass is 415 g/mol. The van der Waals surface area contributed by atoms with Crippen molar-refractivity contribution in [1.29, 1.82) is 0 Å². The topological polar surface area (TPSA) is 88.2 Å². The first-order valence-electron chi connectivity index (χ1n) is 8.33. The molecule has 0 aliphatic carbocycles. The van der Waals surface area contributed by atoms with E-state index in [1.807, 2.05) is 6.92 Å². The van der Waals surface area contributed by atoms with E-state index in [4.69, 9.17) is 11.6 Å². The molecule has 0 aliphatic heterocycles. The lowest BCUT2D eigenvalue weighted by Gasteiger charge is -2.08. The van der Waals surface area contributed by atoms with E-state index in [1.165, 1.54) is 23.5 Å². The molecule has 2 aromatic rings. The normalized spacial score (nSPS) is 11.5. The quantitative estimate of drug-likeness (QED) is 0.616. The highest BCUT2D eigenvalue weighted by molar-refractivity contribution is 7.89. The second-order valence-electron chi connectivity index (χ2n) is 5.74. The first-order chi connectivity index (χ1) is 12.3. The molecule has 0 fully saturated rings. The Hall–Kier alpha value is -1.48. The van der Waals surface area contributed by atoms with Crippen LogP contribution in [0.3, 0.4) is 0 Å². The predicted octanol–water partition coefficient (Wildman–Crippen LogP) is 3.16. The maximum absolute atomic E-state index is 12.3. The molecule has 1 heterocycles. The minimum atomic E-state index is -3.66. The summed E-state index contributed by atoms with van der Waals surface area (Å²) < 4.78 is 26.8. The van der Waals surface area contributed by atoms with Crippen LogP contribution in [-0.2, 0) is 16.4 Å². The van der Waals surface area contributed by atoms with Gasteiger partial charge in [-0.2, -0.15) is 0 Å². The maximum Gasteiger partial charge on any atom is 0.263 e. The van der Waals surface area contributed by atoms with E-state index in [-0.39, 0.29) is 23.9 Å². The molecule has 1 aromatic heterocycles. The van der Waals surface area contributed by atoms with Crippen LogP contribution in [0.25, 0.3) is 0 Å². The Labute approximate surface area is 163 Å². The van der Waals surface area contributed by atoms with Gasteiger partial charge in [0.2, 0.25) is 10.0 Å². The zero-order valence-electron chi connectivity index (χ0n) is 14.7. The summed E-state index contributed by atoms with van der Waals surface area (Å²) in [5.74, 6) is -0.232. The minimum absolute atomic E-state index is 0.0845. The van der Waals surface area contributed by atoms with Crippen molar-refractivity contribution in [3.05, 3.63) is 44.9 Å². The van der Waals surface area contributed by atoms with E-state index < -0.39 is 10.0 Å². The van der Waals surface area contributed by atoms with Crippen LogP contribution in [0.15, 0.2) is 29.2 Å². The number of amides is 1. The summed E-state index contributed by atoms with van der Waals surface area (Å²) in [5, 5.41) is 4.03. The lowest BCUT2D eigenvalue weighted by Crippen LogP contribution is -2.34. The van der Waals surface area contributed by atoms with Crippen LogP contribution < -0.4 is 10.0 Å². The molecule has 1 amide bonds. The van der Waals surface area contributed by atoms with Crippen LogP contribution in [0.4, 0.5) is 0 Å². The third-order valence-electron chi connectivity index (χ3n) is 3.60. The molecule has 0 spiro atoms. The standard InChI is InChI=1S/C17H22ClN3O3S2/c1-3-4-8-15-21-12(2)16(25-15)17(22)19-9-10-20-26(23,24)14-7-5-6-13(18)11-14/h5-7,11,20H,3-4,8-10H2,1-2H3,(H,19,22). The molecule has 2 N–H and O–H groups in total. The van der Waals surface area contributed by atoms with E-state index in [1.54, 1.807) is 12.1 Å². The number of aryl methyl sites for hydroxylation is 2. The maximum atomic E-state index is 12.3. The number of halogens is 1. The summed E-state index contributed by atoms with van der Waals surface area (Å²) in [6, 6.07) is 6.01. The van der Waals surface area contributed by atoms with Gasteiger partial charge in [0.15, 0.2) is 0 Å². The van der Waals surface area contributed by atoms with E-state index in [9.17, 15) is 13.2 Å². The van der Waals surface area contributed by atoms with Gasteiger partial charge in [-0.3, -0.25) is 4.79 Å². The van der Waals surface area contributed by atoms with E-state index in [2.05, 4.69) is 21.9 Å². The second kappa shape index (κ2) is 9.45. The molecule has 0 aliphatic rings. The van der Waals surface area contributed by atoms with Crippen LogP contribution in [-0.4, -0.2) is 32.4 Å². The Balaban J connectivity index is 1.86. The van der Waals surface area contributed by atoms with Crippen molar-refractivity contribution in [3.8, 4) is 0 Å². The molecule has 0 saturated carbocycles. The highest BCUT2D eigenvalue weighted by Crippen LogP contribution is 2.19. The summed E-state index contributed by atoms with van der Waals surface area (Å²) in [4.78, 5) is 17.3. The summed E-state index contributed by atoms with van der Waals surface area (Å²) in [7, 11) is -3.66. The van der Waals surface area contributed by atoms with Gasteiger partial charge in [0.1, 0.15) is 4.88 Å². The van der Waals surface area contributed by atoms with Crippen LogP contribution in [0, 0.1) is 6.92 Å². The van der Waals surface area contributed by atoms with Gasteiger partial charge >= 0.3 is 0 Å². The van der Waals surface area contributed by atoms with Gasteiger partial charge in [0, 0.05) is 18.1 Å². The Morgan fingerprint density at radius 2 is 2.08 bits per heavy atom. The van der Waals surface area contributed by atoms with Crippen molar-refractivity contribution in [2.24, 2.45) is 0 Å². The van der Waals surface area contributed by atoms with Crippen LogP contribution in [0.5, 0.6) is 0 Å². The number of benzene rings is 1. The smallest absolute Gasteiger partial charge is 0.263 e. The average molecular weight is 416 g/mol. The Morgan fingerprint density at radius 3 is 2.77 bits per heavy atom. The fourth-order valence-corrected chi connectivity index (χ4v) is 4.61. The number of sulfonamides is 1.